The SMILES string of the molecule is CC1(C)[C@]2(C)CC[C@@]1(C)[C@H](NC(=O)[C@@]13CC[C@@](C)(C(=O)O1)C3(C)C)C2. The molecule has 4 heteroatoms. The highest BCUT2D eigenvalue weighted by atomic mass is 16.6. The van der Waals surface area contributed by atoms with E-state index in [1.165, 1.54) is 6.42 Å². The molecule has 3 aliphatic carbocycles. The molecule has 0 radical (unpaired) electrons. The zero-order valence-electron chi connectivity index (χ0n) is 16.8. The van der Waals surface area contributed by atoms with Gasteiger partial charge in [-0.1, -0.05) is 41.5 Å². The molecule has 4 aliphatic rings. The molecular formula is C21H33NO3. The summed E-state index contributed by atoms with van der Waals surface area (Å²) in [4.78, 5) is 25.9. The smallest absolute Gasteiger partial charge is 0.313 e. The average Bonchev–Trinajstić information content (AvgIpc) is 2.94. The fourth-order valence-electron chi connectivity index (χ4n) is 6.73. The number of nitrogens with one attached hydrogen (secondary N) is 1. The van der Waals surface area contributed by atoms with Gasteiger partial charge in [0.25, 0.3) is 5.91 Å². The van der Waals surface area contributed by atoms with Gasteiger partial charge in [0.15, 0.2) is 5.60 Å². The molecule has 1 heterocycles. The van der Waals surface area contributed by atoms with Crippen LogP contribution >= 0.6 is 0 Å². The maximum Gasteiger partial charge on any atom is 0.313 e. The van der Waals surface area contributed by atoms with E-state index >= 15 is 0 Å². The Morgan fingerprint density at radius 2 is 1.60 bits per heavy atom. The van der Waals surface area contributed by atoms with Crippen LogP contribution in [0.4, 0.5) is 0 Å². The summed E-state index contributed by atoms with van der Waals surface area (Å²) >= 11 is 0. The number of amides is 1. The summed E-state index contributed by atoms with van der Waals surface area (Å²) in [6.07, 6.45) is 4.77. The van der Waals surface area contributed by atoms with Crippen LogP contribution < -0.4 is 5.32 Å². The molecule has 0 aromatic rings. The average molecular weight is 347 g/mol. The first kappa shape index (κ1) is 17.4. The quantitative estimate of drug-likeness (QED) is 0.772. The van der Waals surface area contributed by atoms with Crippen molar-refractivity contribution in [3.05, 3.63) is 0 Å². The van der Waals surface area contributed by atoms with Crippen molar-refractivity contribution in [2.24, 2.45) is 27.1 Å². The lowest BCUT2D eigenvalue weighted by Crippen LogP contribution is -2.58. The predicted octanol–water partition coefficient (Wildman–Crippen LogP) is 3.83. The molecule has 1 aliphatic heterocycles. The van der Waals surface area contributed by atoms with Gasteiger partial charge >= 0.3 is 5.97 Å². The molecule has 4 fully saturated rings. The first-order valence-corrected chi connectivity index (χ1v) is 9.82. The molecule has 0 aromatic heterocycles. The van der Waals surface area contributed by atoms with Crippen molar-refractivity contribution in [2.45, 2.75) is 92.2 Å². The molecule has 4 nitrogen and oxygen atoms in total. The molecule has 4 bridgehead atoms. The summed E-state index contributed by atoms with van der Waals surface area (Å²) in [5.74, 6) is -0.268. The van der Waals surface area contributed by atoms with Gasteiger partial charge in [0.05, 0.1) is 5.41 Å². The van der Waals surface area contributed by atoms with E-state index in [2.05, 4.69) is 33.0 Å². The first-order valence-electron chi connectivity index (χ1n) is 9.82. The number of fused-ring (bicyclic) bond motifs is 4. The van der Waals surface area contributed by atoms with Crippen molar-refractivity contribution in [2.75, 3.05) is 0 Å². The van der Waals surface area contributed by atoms with E-state index < -0.39 is 16.4 Å². The molecular weight excluding hydrogens is 314 g/mol. The Hall–Kier alpha value is -1.06. The number of rotatable bonds is 2. The first-order chi connectivity index (χ1) is 11.3. The Morgan fingerprint density at radius 3 is 2.00 bits per heavy atom. The summed E-state index contributed by atoms with van der Waals surface area (Å²) in [5, 5.41) is 3.37. The highest BCUT2D eigenvalue weighted by molar-refractivity contribution is 5.96. The summed E-state index contributed by atoms with van der Waals surface area (Å²) in [7, 11) is 0. The van der Waals surface area contributed by atoms with Gasteiger partial charge in [0.1, 0.15) is 0 Å². The van der Waals surface area contributed by atoms with Crippen molar-refractivity contribution >= 4 is 11.9 Å². The Kier molecular flexibility index (Phi) is 2.95. The number of ether oxygens (including phenoxy) is 1. The zero-order valence-corrected chi connectivity index (χ0v) is 16.8. The minimum Gasteiger partial charge on any atom is -0.448 e. The number of carbonyl (C=O) groups is 2. The third kappa shape index (κ3) is 1.54. The van der Waals surface area contributed by atoms with Crippen molar-refractivity contribution in [3.8, 4) is 0 Å². The molecule has 1 saturated heterocycles. The topological polar surface area (TPSA) is 55.4 Å². The molecule has 25 heavy (non-hydrogen) atoms. The van der Waals surface area contributed by atoms with Crippen LogP contribution in [0.3, 0.4) is 0 Å². The zero-order chi connectivity index (χ0) is 18.7. The molecule has 0 unspecified atom stereocenters. The van der Waals surface area contributed by atoms with Crippen LogP contribution in [0.15, 0.2) is 0 Å². The Balaban J connectivity index is 1.64. The third-order valence-electron chi connectivity index (χ3n) is 10.3. The standard InChI is InChI=1S/C21H33NO3/c1-16(2)18(5)8-9-19(16,6)13(12-18)22-14(23)21-11-10-20(7,15(24)25-21)17(21,3)4/h13H,8-12H2,1-7H3,(H,22,23)/t13-,18-,19+,20+,21-/m1/s1. The Bertz CT molecular complexity index is 683. The van der Waals surface area contributed by atoms with Crippen LogP contribution in [-0.2, 0) is 14.3 Å². The molecule has 1 amide bonds. The lowest BCUT2D eigenvalue weighted by Gasteiger charge is -2.42. The molecule has 1 N–H and O–H groups in total. The largest absolute Gasteiger partial charge is 0.448 e. The van der Waals surface area contributed by atoms with Crippen LogP contribution in [0, 0.1) is 27.1 Å². The van der Waals surface area contributed by atoms with Gasteiger partial charge in [0, 0.05) is 11.5 Å². The Labute approximate surface area is 151 Å². The second kappa shape index (κ2) is 4.26. The molecule has 4 rings (SSSR count). The second-order valence-corrected chi connectivity index (χ2v) is 11.0. The second-order valence-electron chi connectivity index (χ2n) is 11.0. The van der Waals surface area contributed by atoms with Gasteiger partial charge in [-0.25, -0.2) is 0 Å². The highest BCUT2D eigenvalue weighted by Crippen LogP contribution is 2.72. The minimum absolute atomic E-state index is 0.0646. The van der Waals surface area contributed by atoms with Gasteiger partial charge in [-0.3, -0.25) is 9.59 Å². The van der Waals surface area contributed by atoms with E-state index in [1.54, 1.807) is 0 Å². The maximum atomic E-state index is 13.4. The molecule has 3 saturated carbocycles. The minimum atomic E-state index is -0.998. The van der Waals surface area contributed by atoms with Crippen LogP contribution in [0.25, 0.3) is 0 Å². The van der Waals surface area contributed by atoms with Crippen molar-refractivity contribution < 1.29 is 14.3 Å². The van der Waals surface area contributed by atoms with E-state index in [1.807, 2.05) is 20.8 Å². The summed E-state index contributed by atoms with van der Waals surface area (Å²) in [5.41, 5.74) is -1.46. The molecule has 0 aromatic carbocycles. The van der Waals surface area contributed by atoms with Gasteiger partial charge in [-0.15, -0.1) is 0 Å². The van der Waals surface area contributed by atoms with Gasteiger partial charge < -0.3 is 10.1 Å². The fraction of sp³-hybridized carbons (Fsp3) is 0.905. The maximum absolute atomic E-state index is 13.4. The summed E-state index contributed by atoms with van der Waals surface area (Å²) in [6, 6.07) is 0.157. The summed E-state index contributed by atoms with van der Waals surface area (Å²) < 4.78 is 5.78. The molecule has 0 spiro atoms. The van der Waals surface area contributed by atoms with Gasteiger partial charge in [-0.05, 0) is 55.3 Å². The lowest BCUT2D eigenvalue weighted by atomic mass is 9.65. The number of hydrogen-bond donors (Lipinski definition) is 1. The van der Waals surface area contributed by atoms with Crippen molar-refractivity contribution in [1.82, 2.24) is 5.32 Å². The van der Waals surface area contributed by atoms with E-state index in [4.69, 9.17) is 4.74 Å². The highest BCUT2D eigenvalue weighted by Gasteiger charge is 2.76. The lowest BCUT2D eigenvalue weighted by molar-refractivity contribution is -0.169. The van der Waals surface area contributed by atoms with Crippen LogP contribution in [-0.4, -0.2) is 23.5 Å². The molecule has 5 atom stereocenters. The van der Waals surface area contributed by atoms with E-state index in [9.17, 15) is 9.59 Å². The van der Waals surface area contributed by atoms with Crippen LogP contribution in [0.2, 0.25) is 0 Å². The van der Waals surface area contributed by atoms with Crippen LogP contribution in [0.5, 0.6) is 0 Å². The van der Waals surface area contributed by atoms with E-state index in [-0.39, 0.29) is 34.2 Å². The normalized spacial score (nSPS) is 51.6. The van der Waals surface area contributed by atoms with Crippen LogP contribution in [0.1, 0.15) is 80.6 Å². The van der Waals surface area contributed by atoms with E-state index in [0.29, 0.717) is 6.42 Å². The van der Waals surface area contributed by atoms with Crippen molar-refractivity contribution in [3.63, 3.8) is 0 Å². The summed E-state index contributed by atoms with van der Waals surface area (Å²) in [6.45, 7) is 15.4. The monoisotopic (exact) mass is 347 g/mol. The van der Waals surface area contributed by atoms with Gasteiger partial charge in [0.2, 0.25) is 0 Å². The van der Waals surface area contributed by atoms with Gasteiger partial charge in [-0.2, -0.15) is 0 Å². The van der Waals surface area contributed by atoms with Crippen molar-refractivity contribution in [1.29, 1.82) is 0 Å². The van der Waals surface area contributed by atoms with E-state index in [0.717, 1.165) is 19.3 Å². The Morgan fingerprint density at radius 1 is 0.960 bits per heavy atom. The number of esters is 1. The predicted molar refractivity (Wildman–Crippen MR) is 95.7 cm³/mol. The third-order valence-corrected chi connectivity index (χ3v) is 10.3. The number of hydrogen-bond acceptors (Lipinski definition) is 3. The fourth-order valence-corrected chi connectivity index (χ4v) is 6.73. The molecule has 140 valence electrons. The number of carbonyl (C=O) groups excluding carboxylic acids is 2.